The number of carbonyl (C=O) groups excluding carboxylic acids is 2. The van der Waals surface area contributed by atoms with E-state index < -0.39 is 0 Å². The molecule has 0 bridgehead atoms. The van der Waals surface area contributed by atoms with Crippen LogP contribution in [0.15, 0.2) is 17.5 Å². The minimum atomic E-state index is -0.106. The van der Waals surface area contributed by atoms with Gasteiger partial charge in [-0.25, -0.2) is 4.98 Å². The number of halogens is 1. The number of carbonyl (C=O) groups is 2. The molecule has 7 nitrogen and oxygen atoms in total. The second-order valence-electron chi connectivity index (χ2n) is 7.57. The molecule has 1 aromatic carbocycles. The number of hydrogen-bond donors (Lipinski definition) is 1. The molecule has 2 aromatic rings. The number of anilines is 1. The van der Waals surface area contributed by atoms with Crippen molar-refractivity contribution < 1.29 is 19.1 Å². The third-order valence-corrected chi connectivity index (χ3v) is 6.44. The molecule has 1 aromatic heterocycles. The zero-order valence-electron chi connectivity index (χ0n) is 16.8. The van der Waals surface area contributed by atoms with Crippen molar-refractivity contribution in [1.29, 1.82) is 0 Å². The van der Waals surface area contributed by atoms with Crippen molar-refractivity contribution in [2.24, 2.45) is 5.92 Å². The smallest absolute Gasteiger partial charge is 0.229 e. The third kappa shape index (κ3) is 4.87. The van der Waals surface area contributed by atoms with Crippen LogP contribution in [0, 0.1) is 12.8 Å². The highest BCUT2D eigenvalue weighted by molar-refractivity contribution is 7.13. The molecule has 2 aliphatic rings. The molecule has 1 saturated heterocycles. The van der Waals surface area contributed by atoms with E-state index in [1.165, 1.54) is 11.3 Å². The minimum absolute atomic E-state index is 0.0221. The highest BCUT2D eigenvalue weighted by Gasteiger charge is 2.28. The number of hydrogen-bond acceptors (Lipinski definition) is 6. The fraction of sp³-hybridized carbons (Fsp3) is 0.476. The summed E-state index contributed by atoms with van der Waals surface area (Å²) >= 11 is 7.76. The monoisotopic (exact) mass is 449 g/mol. The Balaban J connectivity index is 1.32. The second-order valence-corrected chi connectivity index (χ2v) is 8.84. The molecule has 0 unspecified atom stereocenters. The van der Waals surface area contributed by atoms with Crippen LogP contribution in [0.1, 0.15) is 30.5 Å². The van der Waals surface area contributed by atoms with Gasteiger partial charge in [-0.2, -0.15) is 0 Å². The fourth-order valence-corrected chi connectivity index (χ4v) is 4.66. The summed E-state index contributed by atoms with van der Waals surface area (Å²) in [6.07, 6.45) is 2.32. The first-order valence-corrected chi connectivity index (χ1v) is 11.3. The van der Waals surface area contributed by atoms with E-state index in [-0.39, 0.29) is 24.2 Å². The predicted octanol–water partition coefficient (Wildman–Crippen LogP) is 3.69. The summed E-state index contributed by atoms with van der Waals surface area (Å²) in [5.74, 6) is 1.04. The molecule has 0 aliphatic carbocycles. The van der Waals surface area contributed by atoms with Gasteiger partial charge in [-0.3, -0.25) is 9.59 Å². The fourth-order valence-electron chi connectivity index (χ4n) is 3.68. The van der Waals surface area contributed by atoms with Crippen LogP contribution in [0.2, 0.25) is 5.02 Å². The van der Waals surface area contributed by atoms with Gasteiger partial charge in [0.05, 0.1) is 30.4 Å². The van der Waals surface area contributed by atoms with E-state index in [2.05, 4.69) is 10.3 Å². The molecular weight excluding hydrogens is 426 g/mol. The van der Waals surface area contributed by atoms with Crippen LogP contribution in [0.3, 0.4) is 0 Å². The Kier molecular flexibility index (Phi) is 6.43. The Hall–Kier alpha value is -2.32. The zero-order chi connectivity index (χ0) is 21.1. The highest BCUT2D eigenvalue weighted by atomic mass is 35.5. The maximum absolute atomic E-state index is 12.8. The topological polar surface area (TPSA) is 80.8 Å². The lowest BCUT2D eigenvalue weighted by Crippen LogP contribution is -2.42. The molecule has 0 saturated carbocycles. The first kappa shape index (κ1) is 20.9. The van der Waals surface area contributed by atoms with Crippen molar-refractivity contribution >= 4 is 39.9 Å². The van der Waals surface area contributed by atoms with Gasteiger partial charge in [0.1, 0.15) is 0 Å². The average Bonchev–Trinajstić information content (AvgIpc) is 2.98. The van der Waals surface area contributed by atoms with Crippen LogP contribution in [0.5, 0.6) is 11.5 Å². The number of nitrogens with one attached hydrogen (secondary N) is 1. The molecule has 1 fully saturated rings. The molecule has 2 amide bonds. The number of likely N-dealkylation sites (tertiary alicyclic amines) is 1. The summed E-state index contributed by atoms with van der Waals surface area (Å²) < 4.78 is 11.3. The zero-order valence-corrected chi connectivity index (χ0v) is 18.4. The van der Waals surface area contributed by atoms with Gasteiger partial charge < -0.3 is 19.7 Å². The van der Waals surface area contributed by atoms with Crippen LogP contribution in [0.4, 0.5) is 5.13 Å². The summed E-state index contributed by atoms with van der Waals surface area (Å²) in [5, 5.41) is 5.88. The number of thiazole rings is 1. The largest absolute Gasteiger partial charge is 0.489 e. The molecule has 9 heteroatoms. The molecule has 4 rings (SSSR count). The summed E-state index contributed by atoms with van der Waals surface area (Å²) in [6.45, 7) is 4.15. The molecule has 3 heterocycles. The Morgan fingerprint density at radius 3 is 2.77 bits per heavy atom. The van der Waals surface area contributed by atoms with E-state index >= 15 is 0 Å². The number of aryl methyl sites for hydroxylation is 1. The van der Waals surface area contributed by atoms with Crippen LogP contribution in [0.25, 0.3) is 0 Å². The number of benzene rings is 1. The Morgan fingerprint density at radius 1 is 1.27 bits per heavy atom. The van der Waals surface area contributed by atoms with Crippen molar-refractivity contribution in [3.8, 4) is 11.5 Å². The lowest BCUT2D eigenvalue weighted by atomic mass is 9.95. The molecule has 1 N–H and O–H groups in total. The van der Waals surface area contributed by atoms with E-state index in [0.717, 1.165) is 17.7 Å². The van der Waals surface area contributed by atoms with Gasteiger partial charge in [0.2, 0.25) is 11.8 Å². The lowest BCUT2D eigenvalue weighted by Gasteiger charge is -2.31. The Labute approximate surface area is 184 Å². The third-order valence-electron chi connectivity index (χ3n) is 5.28. The molecule has 0 atom stereocenters. The summed E-state index contributed by atoms with van der Waals surface area (Å²) in [5.41, 5.74) is 1.69. The molecule has 2 aliphatic heterocycles. The van der Waals surface area contributed by atoms with Crippen molar-refractivity contribution in [2.75, 3.05) is 31.6 Å². The number of fused-ring (bicyclic) bond motifs is 1. The molecule has 160 valence electrons. The number of piperidine rings is 1. The summed E-state index contributed by atoms with van der Waals surface area (Å²) in [6, 6.07) is 3.60. The Bertz CT molecular complexity index is 940. The van der Waals surface area contributed by atoms with Crippen molar-refractivity contribution in [1.82, 2.24) is 9.88 Å². The van der Waals surface area contributed by atoms with Crippen molar-refractivity contribution in [3.63, 3.8) is 0 Å². The van der Waals surface area contributed by atoms with E-state index in [9.17, 15) is 9.59 Å². The molecule has 0 spiro atoms. The number of amides is 2. The van der Waals surface area contributed by atoms with Gasteiger partial charge >= 0.3 is 0 Å². The predicted molar refractivity (Wildman–Crippen MR) is 116 cm³/mol. The van der Waals surface area contributed by atoms with Crippen LogP contribution < -0.4 is 14.8 Å². The first-order chi connectivity index (χ1) is 14.5. The number of ether oxygens (including phenoxy) is 2. The first-order valence-electron chi connectivity index (χ1n) is 10.1. The molecular formula is C21H24ClN3O4S. The Morgan fingerprint density at radius 2 is 2.03 bits per heavy atom. The normalized spacial score (nSPS) is 16.8. The van der Waals surface area contributed by atoms with E-state index in [0.29, 0.717) is 60.8 Å². The van der Waals surface area contributed by atoms with E-state index in [4.69, 9.17) is 21.1 Å². The number of nitrogens with zero attached hydrogens (tertiary/aromatic N) is 2. The van der Waals surface area contributed by atoms with E-state index in [1.54, 1.807) is 6.07 Å². The highest BCUT2D eigenvalue weighted by Crippen LogP contribution is 2.38. The van der Waals surface area contributed by atoms with Gasteiger partial charge in [-0.05, 0) is 37.5 Å². The van der Waals surface area contributed by atoms with Gasteiger partial charge in [0.25, 0.3) is 0 Å². The van der Waals surface area contributed by atoms with Crippen molar-refractivity contribution in [3.05, 3.63) is 33.8 Å². The van der Waals surface area contributed by atoms with E-state index in [1.807, 2.05) is 23.3 Å². The number of aromatic nitrogens is 1. The van der Waals surface area contributed by atoms with Gasteiger partial charge in [0, 0.05) is 30.8 Å². The minimum Gasteiger partial charge on any atom is -0.489 e. The van der Waals surface area contributed by atoms with Gasteiger partial charge in [-0.15, -0.1) is 11.3 Å². The second kappa shape index (κ2) is 9.22. The van der Waals surface area contributed by atoms with Gasteiger partial charge in [0.15, 0.2) is 16.6 Å². The maximum atomic E-state index is 12.8. The lowest BCUT2D eigenvalue weighted by molar-refractivity contribution is -0.133. The molecule has 30 heavy (non-hydrogen) atoms. The number of rotatable bonds is 4. The maximum Gasteiger partial charge on any atom is 0.229 e. The summed E-state index contributed by atoms with van der Waals surface area (Å²) in [7, 11) is 0. The SMILES string of the molecule is Cc1csc(NC(=O)C2CCN(C(=O)Cc3cc(Cl)c4c(c3)OCCCO4)CC2)n1. The van der Waals surface area contributed by atoms with Crippen LogP contribution >= 0.6 is 22.9 Å². The quantitative estimate of drug-likeness (QED) is 0.769. The van der Waals surface area contributed by atoms with Gasteiger partial charge in [-0.1, -0.05) is 11.6 Å². The summed E-state index contributed by atoms with van der Waals surface area (Å²) in [4.78, 5) is 31.3. The van der Waals surface area contributed by atoms with Crippen LogP contribution in [-0.2, 0) is 16.0 Å². The molecule has 0 radical (unpaired) electrons. The van der Waals surface area contributed by atoms with Crippen LogP contribution in [-0.4, -0.2) is 48.0 Å². The average molecular weight is 450 g/mol. The standard InChI is InChI=1S/C21H24ClN3O4S/c1-13-12-30-21(23-13)24-20(27)15-3-5-25(6-4-15)18(26)11-14-9-16(22)19-17(10-14)28-7-2-8-29-19/h9-10,12,15H,2-8,11H2,1H3,(H,23,24,27). The van der Waals surface area contributed by atoms with Crippen molar-refractivity contribution in [2.45, 2.75) is 32.6 Å².